The molecule has 1 aromatic rings. The van der Waals surface area contributed by atoms with Crippen LogP contribution in [0.2, 0.25) is 0 Å². The van der Waals surface area contributed by atoms with Crippen LogP contribution in [-0.4, -0.2) is 36.0 Å². The predicted molar refractivity (Wildman–Crippen MR) is 92.4 cm³/mol. The Balaban J connectivity index is 1.90. The minimum atomic E-state index is 0.0563. The van der Waals surface area contributed by atoms with E-state index in [4.69, 9.17) is 0 Å². The van der Waals surface area contributed by atoms with Crippen LogP contribution in [0.5, 0.6) is 0 Å². The first-order chi connectivity index (χ1) is 10.5. The van der Waals surface area contributed by atoms with E-state index in [1.54, 1.807) is 0 Å². The SMILES string of the molecule is CC(C)N(CCNC(=O)c1ccc2c(c1)CCCC2)C(C)C. The van der Waals surface area contributed by atoms with Gasteiger partial charge in [-0.15, -0.1) is 0 Å². The first kappa shape index (κ1) is 17.0. The van der Waals surface area contributed by atoms with Gasteiger partial charge in [-0.1, -0.05) is 6.07 Å². The highest BCUT2D eigenvalue weighted by Gasteiger charge is 2.15. The van der Waals surface area contributed by atoms with E-state index < -0.39 is 0 Å². The number of hydrogen-bond acceptors (Lipinski definition) is 2. The van der Waals surface area contributed by atoms with Crippen molar-refractivity contribution in [3.8, 4) is 0 Å². The van der Waals surface area contributed by atoms with E-state index in [0.717, 1.165) is 24.9 Å². The molecule has 3 heteroatoms. The van der Waals surface area contributed by atoms with Crippen molar-refractivity contribution in [1.82, 2.24) is 10.2 Å². The van der Waals surface area contributed by atoms with Gasteiger partial charge in [0, 0.05) is 30.7 Å². The summed E-state index contributed by atoms with van der Waals surface area (Å²) in [5.74, 6) is 0.0563. The van der Waals surface area contributed by atoms with E-state index in [0.29, 0.717) is 18.6 Å². The van der Waals surface area contributed by atoms with Crippen molar-refractivity contribution < 1.29 is 4.79 Å². The van der Waals surface area contributed by atoms with Gasteiger partial charge in [-0.3, -0.25) is 9.69 Å². The van der Waals surface area contributed by atoms with Gasteiger partial charge in [-0.05, 0) is 76.6 Å². The van der Waals surface area contributed by atoms with Gasteiger partial charge in [0.15, 0.2) is 0 Å². The number of carbonyl (C=O) groups excluding carboxylic acids is 1. The molecule has 1 amide bonds. The Bertz CT molecular complexity index is 500. The summed E-state index contributed by atoms with van der Waals surface area (Å²) in [6, 6.07) is 7.20. The van der Waals surface area contributed by atoms with Crippen LogP contribution in [-0.2, 0) is 12.8 Å². The quantitative estimate of drug-likeness (QED) is 0.873. The van der Waals surface area contributed by atoms with Crippen molar-refractivity contribution >= 4 is 5.91 Å². The largest absolute Gasteiger partial charge is 0.351 e. The van der Waals surface area contributed by atoms with E-state index >= 15 is 0 Å². The third kappa shape index (κ3) is 4.33. The minimum absolute atomic E-state index is 0.0563. The molecular formula is C19H30N2O. The van der Waals surface area contributed by atoms with Crippen molar-refractivity contribution in [2.75, 3.05) is 13.1 Å². The van der Waals surface area contributed by atoms with Crippen LogP contribution < -0.4 is 5.32 Å². The average Bonchev–Trinajstić information content (AvgIpc) is 2.50. The third-order valence-electron chi connectivity index (χ3n) is 4.59. The molecule has 1 aliphatic rings. The molecule has 0 unspecified atom stereocenters. The maximum absolute atomic E-state index is 12.3. The number of fused-ring (bicyclic) bond motifs is 1. The van der Waals surface area contributed by atoms with E-state index in [2.05, 4.69) is 50.0 Å². The van der Waals surface area contributed by atoms with Gasteiger partial charge in [-0.2, -0.15) is 0 Å². The Kier molecular flexibility index (Phi) is 6.01. The highest BCUT2D eigenvalue weighted by Crippen LogP contribution is 2.22. The van der Waals surface area contributed by atoms with E-state index in [9.17, 15) is 4.79 Å². The second kappa shape index (κ2) is 7.77. The summed E-state index contributed by atoms with van der Waals surface area (Å²) in [5, 5.41) is 3.07. The molecule has 22 heavy (non-hydrogen) atoms. The molecule has 1 aliphatic carbocycles. The Morgan fingerprint density at radius 2 is 1.73 bits per heavy atom. The van der Waals surface area contributed by atoms with Gasteiger partial charge in [-0.25, -0.2) is 0 Å². The zero-order valence-corrected chi connectivity index (χ0v) is 14.5. The molecule has 1 N–H and O–H groups in total. The van der Waals surface area contributed by atoms with Crippen molar-refractivity contribution in [3.63, 3.8) is 0 Å². The minimum Gasteiger partial charge on any atom is -0.351 e. The summed E-state index contributed by atoms with van der Waals surface area (Å²) in [4.78, 5) is 14.7. The summed E-state index contributed by atoms with van der Waals surface area (Å²) < 4.78 is 0. The number of nitrogens with one attached hydrogen (secondary N) is 1. The Labute approximate surface area is 135 Å². The Morgan fingerprint density at radius 1 is 1.09 bits per heavy atom. The summed E-state index contributed by atoms with van der Waals surface area (Å²) in [5.41, 5.74) is 3.60. The van der Waals surface area contributed by atoms with Crippen LogP contribution in [0.3, 0.4) is 0 Å². The summed E-state index contributed by atoms with van der Waals surface area (Å²) in [6.45, 7) is 10.4. The highest BCUT2D eigenvalue weighted by atomic mass is 16.1. The fraction of sp³-hybridized carbons (Fsp3) is 0.632. The fourth-order valence-electron chi connectivity index (χ4n) is 3.39. The normalized spacial score (nSPS) is 14.5. The number of hydrogen-bond donors (Lipinski definition) is 1. The van der Waals surface area contributed by atoms with Crippen LogP contribution in [0.15, 0.2) is 18.2 Å². The van der Waals surface area contributed by atoms with Gasteiger partial charge in [0.1, 0.15) is 0 Å². The molecule has 0 aliphatic heterocycles. The number of nitrogens with zero attached hydrogens (tertiary/aromatic N) is 1. The molecule has 0 atom stereocenters. The van der Waals surface area contributed by atoms with Gasteiger partial charge >= 0.3 is 0 Å². The number of benzene rings is 1. The summed E-state index contributed by atoms with van der Waals surface area (Å²) in [6.07, 6.45) is 4.80. The van der Waals surface area contributed by atoms with E-state index in [-0.39, 0.29) is 5.91 Å². The molecule has 0 spiro atoms. The molecular weight excluding hydrogens is 272 g/mol. The zero-order chi connectivity index (χ0) is 16.1. The summed E-state index contributed by atoms with van der Waals surface area (Å²) in [7, 11) is 0. The zero-order valence-electron chi connectivity index (χ0n) is 14.5. The van der Waals surface area contributed by atoms with Gasteiger partial charge < -0.3 is 5.32 Å². The predicted octanol–water partition coefficient (Wildman–Crippen LogP) is 3.41. The molecule has 2 rings (SSSR count). The molecule has 1 aromatic carbocycles. The number of rotatable bonds is 6. The van der Waals surface area contributed by atoms with Crippen molar-refractivity contribution in [3.05, 3.63) is 34.9 Å². The molecule has 0 heterocycles. The third-order valence-corrected chi connectivity index (χ3v) is 4.59. The maximum atomic E-state index is 12.3. The average molecular weight is 302 g/mol. The molecule has 0 radical (unpaired) electrons. The monoisotopic (exact) mass is 302 g/mol. The van der Waals surface area contributed by atoms with Crippen molar-refractivity contribution in [1.29, 1.82) is 0 Å². The smallest absolute Gasteiger partial charge is 0.251 e. The lowest BCUT2D eigenvalue weighted by Gasteiger charge is -2.30. The Hall–Kier alpha value is -1.35. The number of amides is 1. The van der Waals surface area contributed by atoms with Gasteiger partial charge in [0.2, 0.25) is 0 Å². The van der Waals surface area contributed by atoms with Gasteiger partial charge in [0.25, 0.3) is 5.91 Å². The molecule has 0 fully saturated rings. The fourth-order valence-corrected chi connectivity index (χ4v) is 3.39. The van der Waals surface area contributed by atoms with Crippen LogP contribution in [0, 0.1) is 0 Å². The Morgan fingerprint density at radius 3 is 2.36 bits per heavy atom. The number of aryl methyl sites for hydroxylation is 2. The second-order valence-electron chi connectivity index (χ2n) is 6.87. The number of carbonyl (C=O) groups is 1. The molecule has 0 saturated heterocycles. The standard InChI is InChI=1S/C19H30N2O/c1-14(2)21(15(3)4)12-11-20-19(22)18-10-9-16-7-5-6-8-17(16)13-18/h9-10,13-15H,5-8,11-12H2,1-4H3,(H,20,22). The van der Waals surface area contributed by atoms with Crippen LogP contribution in [0.4, 0.5) is 0 Å². The molecule has 122 valence electrons. The second-order valence-corrected chi connectivity index (χ2v) is 6.87. The highest BCUT2D eigenvalue weighted by molar-refractivity contribution is 5.94. The topological polar surface area (TPSA) is 32.3 Å². The lowest BCUT2D eigenvalue weighted by atomic mass is 9.90. The molecule has 0 saturated carbocycles. The van der Waals surface area contributed by atoms with Crippen molar-refractivity contribution in [2.45, 2.75) is 65.5 Å². The first-order valence-electron chi connectivity index (χ1n) is 8.64. The lowest BCUT2D eigenvalue weighted by Crippen LogP contribution is -2.42. The van der Waals surface area contributed by atoms with Crippen LogP contribution >= 0.6 is 0 Å². The van der Waals surface area contributed by atoms with E-state index in [1.165, 1.54) is 24.0 Å². The van der Waals surface area contributed by atoms with Crippen LogP contribution in [0.1, 0.15) is 62.0 Å². The summed E-state index contributed by atoms with van der Waals surface area (Å²) >= 11 is 0. The molecule has 0 bridgehead atoms. The molecule has 0 aromatic heterocycles. The maximum Gasteiger partial charge on any atom is 0.251 e. The van der Waals surface area contributed by atoms with Crippen molar-refractivity contribution in [2.24, 2.45) is 0 Å². The van der Waals surface area contributed by atoms with E-state index in [1.807, 2.05) is 6.07 Å². The molecule has 3 nitrogen and oxygen atoms in total. The lowest BCUT2D eigenvalue weighted by molar-refractivity contribution is 0.0939. The van der Waals surface area contributed by atoms with Gasteiger partial charge in [0.05, 0.1) is 0 Å². The van der Waals surface area contributed by atoms with Crippen LogP contribution in [0.25, 0.3) is 0 Å². The first-order valence-corrected chi connectivity index (χ1v) is 8.64.